The predicted octanol–water partition coefficient (Wildman–Crippen LogP) is 2.22. The third-order valence-electron chi connectivity index (χ3n) is 13.4. The summed E-state index contributed by atoms with van der Waals surface area (Å²) in [5.74, 6) is 0.0854. The Balaban J connectivity index is 1.23. The number of Topliss-reactive ketones (excluding diaryl/α,β-unsaturated/α-hetero) is 2. The lowest BCUT2D eigenvalue weighted by Crippen LogP contribution is -2.66. The molecule has 2 aromatic rings. The van der Waals surface area contributed by atoms with Gasteiger partial charge in [-0.15, -0.1) is 0 Å². The van der Waals surface area contributed by atoms with Crippen LogP contribution in [0.25, 0.3) is 11.1 Å². The summed E-state index contributed by atoms with van der Waals surface area (Å²) < 4.78 is 12.8. The maximum absolute atomic E-state index is 13.3. The highest BCUT2D eigenvalue weighted by Gasteiger charge is 2.69. The first-order valence-electron chi connectivity index (χ1n) is 16.1. The first-order chi connectivity index (χ1) is 21.1. The largest absolute Gasteiger partial charge is 0.504 e. The van der Waals surface area contributed by atoms with Crippen LogP contribution < -0.4 is 9.47 Å². The molecule has 10 heteroatoms. The molecule has 2 spiro atoms. The van der Waals surface area contributed by atoms with Gasteiger partial charge in [0, 0.05) is 58.0 Å². The summed E-state index contributed by atoms with van der Waals surface area (Å²) >= 11 is 0. The molecule has 2 saturated heterocycles. The highest BCUT2D eigenvalue weighted by atomic mass is 16.5. The number of benzene rings is 2. The van der Waals surface area contributed by atoms with Gasteiger partial charge in [-0.25, -0.2) is 0 Å². The first kappa shape index (κ1) is 26.1. The SMILES string of the molecule is CN1CC[C@]23c4c5cc(-c6cc7c8c(c6O)O[C@H]6C(=O)CC[C@H]9[C@@H](C7O)N(C)CC[C@]869)c(O)c4O[C@H]2C(=O)CC[C@H]3[C@H]1C5O. The summed E-state index contributed by atoms with van der Waals surface area (Å²) in [7, 11) is 4.01. The Labute approximate surface area is 254 Å². The van der Waals surface area contributed by atoms with E-state index in [4.69, 9.17) is 9.47 Å². The summed E-state index contributed by atoms with van der Waals surface area (Å²) in [6.07, 6.45) is 0.228. The smallest absolute Gasteiger partial charge is 0.174 e. The van der Waals surface area contributed by atoms with E-state index in [2.05, 4.69) is 9.80 Å². The number of aliphatic hydroxyl groups excluding tert-OH is 2. The molecule has 4 fully saturated rings. The number of aromatic hydroxyl groups is 2. The molecular formula is C34H36N2O8. The molecule has 4 N–H and O–H groups in total. The molecule has 10 atom stereocenters. The fraction of sp³-hybridized carbons (Fsp3) is 0.588. The van der Waals surface area contributed by atoms with Crippen molar-refractivity contribution < 1.29 is 39.5 Å². The minimum atomic E-state index is -0.882. The van der Waals surface area contributed by atoms with Gasteiger partial charge < -0.3 is 39.7 Å². The molecule has 2 aromatic carbocycles. The van der Waals surface area contributed by atoms with Crippen molar-refractivity contribution in [2.75, 3.05) is 27.2 Å². The lowest BCUT2D eigenvalue weighted by atomic mass is 9.50. The molecule has 2 saturated carbocycles. The van der Waals surface area contributed by atoms with Gasteiger partial charge in [-0.05, 0) is 88.0 Å². The Morgan fingerprint density at radius 3 is 1.55 bits per heavy atom. The van der Waals surface area contributed by atoms with Crippen LogP contribution >= 0.6 is 0 Å². The van der Waals surface area contributed by atoms with E-state index >= 15 is 0 Å². The highest BCUT2D eigenvalue weighted by molar-refractivity contribution is 5.93. The Kier molecular flexibility index (Phi) is 4.72. The second-order valence-electron chi connectivity index (χ2n) is 14.8. The van der Waals surface area contributed by atoms with Crippen LogP contribution in [0.2, 0.25) is 0 Å². The van der Waals surface area contributed by atoms with Gasteiger partial charge in [0.1, 0.15) is 0 Å². The molecule has 2 unspecified atom stereocenters. The van der Waals surface area contributed by atoms with Crippen LogP contribution in [-0.2, 0) is 20.4 Å². The molecule has 230 valence electrons. The number of likely N-dealkylation sites (tertiary alicyclic amines) is 2. The van der Waals surface area contributed by atoms with Gasteiger partial charge in [0.15, 0.2) is 46.8 Å². The summed E-state index contributed by atoms with van der Waals surface area (Å²) in [6, 6.07) is 3.05. The number of nitrogens with zero attached hydrogens (tertiary/aromatic N) is 2. The van der Waals surface area contributed by atoms with E-state index < -0.39 is 35.2 Å². The van der Waals surface area contributed by atoms with Crippen molar-refractivity contribution in [3.8, 4) is 34.1 Å². The fourth-order valence-electron chi connectivity index (χ4n) is 11.7. The molecular weight excluding hydrogens is 564 g/mol. The van der Waals surface area contributed by atoms with Crippen molar-refractivity contribution in [3.63, 3.8) is 0 Å². The number of ether oxygens (including phenoxy) is 2. The van der Waals surface area contributed by atoms with Crippen molar-refractivity contribution in [3.05, 3.63) is 34.4 Å². The van der Waals surface area contributed by atoms with Crippen molar-refractivity contribution in [2.45, 2.75) is 85.9 Å². The summed E-state index contributed by atoms with van der Waals surface area (Å²) in [6.45, 7) is 1.41. The Bertz CT molecular complexity index is 1610. The molecule has 10 rings (SSSR count). The van der Waals surface area contributed by atoms with Gasteiger partial charge in [0.2, 0.25) is 0 Å². The first-order valence-corrected chi connectivity index (χ1v) is 16.1. The number of carbonyl (C=O) groups excluding carboxylic acids is 2. The van der Waals surface area contributed by atoms with Crippen molar-refractivity contribution in [2.24, 2.45) is 11.8 Å². The fourth-order valence-corrected chi connectivity index (χ4v) is 11.7. The number of carbonyl (C=O) groups is 2. The molecule has 4 aliphatic heterocycles. The standard InChI is InChI=1S/C34H36N2O8/c1-35-9-7-33-17-3-5-19(37)31(33)43-29-21(33)15(25(39)23(17)35)11-13(27(29)41)14-12-16-22-30(28(14)42)44-32-20(38)6-4-18-24(26(16)40)36(2)10-8-34(18,22)32/h11-12,17-18,23-26,31-32,39-42H,3-10H2,1-2H3/t17-,18-,23-,24-,25?,26?,31-,32-,33-,34-/m0/s1. The van der Waals surface area contributed by atoms with Crippen LogP contribution in [0.15, 0.2) is 12.1 Å². The molecule has 0 radical (unpaired) electrons. The molecule has 4 bridgehead atoms. The lowest BCUT2D eigenvalue weighted by Gasteiger charge is -2.58. The number of rotatable bonds is 1. The van der Waals surface area contributed by atoms with Gasteiger partial charge in [0.05, 0.1) is 12.2 Å². The van der Waals surface area contributed by atoms with Gasteiger partial charge in [-0.3, -0.25) is 9.59 Å². The van der Waals surface area contributed by atoms with Crippen molar-refractivity contribution in [1.82, 2.24) is 9.80 Å². The number of aliphatic hydroxyl groups is 2. The van der Waals surface area contributed by atoms with E-state index in [0.29, 0.717) is 62.7 Å². The summed E-state index contributed by atoms with van der Waals surface area (Å²) in [4.78, 5) is 31.0. The normalized spacial score (nSPS) is 42.5. The minimum absolute atomic E-state index is 0.0158. The van der Waals surface area contributed by atoms with E-state index in [1.54, 1.807) is 12.1 Å². The number of piperidine rings is 2. The van der Waals surface area contributed by atoms with E-state index in [1.807, 2.05) is 14.1 Å². The van der Waals surface area contributed by atoms with Crippen LogP contribution in [-0.4, -0.2) is 93.3 Å². The zero-order valence-corrected chi connectivity index (χ0v) is 24.7. The molecule has 10 nitrogen and oxygen atoms in total. The highest BCUT2D eigenvalue weighted by Crippen LogP contribution is 2.69. The number of phenolic OH excluding ortho intramolecular Hbond substituents is 2. The molecule has 4 aliphatic carbocycles. The third kappa shape index (κ3) is 2.58. The number of phenols is 2. The van der Waals surface area contributed by atoms with E-state index in [0.717, 1.165) is 11.1 Å². The average molecular weight is 601 g/mol. The van der Waals surface area contributed by atoms with Crippen molar-refractivity contribution >= 4 is 11.6 Å². The minimum Gasteiger partial charge on any atom is -0.504 e. The van der Waals surface area contributed by atoms with Crippen LogP contribution in [0, 0.1) is 11.8 Å². The number of ketones is 2. The van der Waals surface area contributed by atoms with E-state index in [9.17, 15) is 30.0 Å². The third-order valence-corrected chi connectivity index (χ3v) is 13.4. The summed E-state index contributed by atoms with van der Waals surface area (Å²) in [5.41, 5.74) is 1.93. The molecule has 4 heterocycles. The maximum Gasteiger partial charge on any atom is 0.174 e. The number of hydrogen-bond donors (Lipinski definition) is 4. The zero-order chi connectivity index (χ0) is 30.2. The molecule has 0 amide bonds. The lowest BCUT2D eigenvalue weighted by molar-refractivity contribution is -0.143. The van der Waals surface area contributed by atoms with Gasteiger partial charge >= 0.3 is 0 Å². The number of hydrogen-bond acceptors (Lipinski definition) is 10. The quantitative estimate of drug-likeness (QED) is 0.385. The topological polar surface area (TPSA) is 140 Å². The Hall–Kier alpha value is -3.18. The van der Waals surface area contributed by atoms with Gasteiger partial charge in [-0.1, -0.05) is 0 Å². The zero-order valence-electron chi connectivity index (χ0n) is 24.7. The average Bonchev–Trinajstić information content (AvgIpc) is 3.54. The molecule has 0 aromatic heterocycles. The van der Waals surface area contributed by atoms with Crippen LogP contribution in [0.3, 0.4) is 0 Å². The maximum atomic E-state index is 13.3. The van der Waals surface area contributed by atoms with Crippen LogP contribution in [0.1, 0.15) is 73.0 Å². The van der Waals surface area contributed by atoms with E-state index in [1.165, 1.54) is 0 Å². The second kappa shape index (κ2) is 7.96. The van der Waals surface area contributed by atoms with Crippen molar-refractivity contribution in [1.29, 1.82) is 0 Å². The predicted molar refractivity (Wildman–Crippen MR) is 155 cm³/mol. The second-order valence-corrected chi connectivity index (χ2v) is 14.8. The Morgan fingerprint density at radius 1 is 0.727 bits per heavy atom. The van der Waals surface area contributed by atoms with Gasteiger partial charge in [-0.2, -0.15) is 0 Å². The summed E-state index contributed by atoms with van der Waals surface area (Å²) in [5, 5.41) is 47.6. The Morgan fingerprint density at radius 2 is 1.14 bits per heavy atom. The monoisotopic (exact) mass is 600 g/mol. The van der Waals surface area contributed by atoms with Gasteiger partial charge in [0.25, 0.3) is 0 Å². The number of likely N-dealkylation sites (N-methyl/N-ethyl adjacent to an activating group) is 2. The molecule has 44 heavy (non-hydrogen) atoms. The van der Waals surface area contributed by atoms with Crippen LogP contribution in [0.4, 0.5) is 0 Å². The van der Waals surface area contributed by atoms with E-state index in [-0.39, 0.29) is 69.6 Å². The molecule has 8 aliphatic rings. The van der Waals surface area contributed by atoms with Crippen LogP contribution in [0.5, 0.6) is 23.0 Å².